The van der Waals surface area contributed by atoms with Gasteiger partial charge in [0.2, 0.25) is 0 Å². The van der Waals surface area contributed by atoms with Crippen molar-refractivity contribution in [3.05, 3.63) is 60.7 Å². The molecular formula is C16H18O2. The summed E-state index contributed by atoms with van der Waals surface area (Å²) in [5.74, 6) is -0.116. The van der Waals surface area contributed by atoms with Crippen molar-refractivity contribution >= 4 is 5.97 Å². The summed E-state index contributed by atoms with van der Waals surface area (Å²) in [7, 11) is 0. The predicted molar refractivity (Wildman–Crippen MR) is 72.0 cm³/mol. The summed E-state index contributed by atoms with van der Waals surface area (Å²) < 4.78 is 5.53. The van der Waals surface area contributed by atoms with E-state index < -0.39 is 0 Å². The molecule has 0 radical (unpaired) electrons. The first-order valence-electron chi connectivity index (χ1n) is 6.34. The topological polar surface area (TPSA) is 26.3 Å². The molecule has 0 saturated heterocycles. The van der Waals surface area contributed by atoms with Crippen LogP contribution in [0, 0.1) is 5.92 Å². The number of ether oxygens (including phenoxy) is 1. The number of rotatable bonds is 4. The highest BCUT2D eigenvalue weighted by molar-refractivity contribution is 5.73. The fourth-order valence-electron chi connectivity index (χ4n) is 2.12. The van der Waals surface area contributed by atoms with Crippen molar-refractivity contribution in [2.75, 3.05) is 0 Å². The molecule has 94 valence electrons. The van der Waals surface area contributed by atoms with Crippen LogP contribution in [0.25, 0.3) is 0 Å². The van der Waals surface area contributed by atoms with Crippen LogP contribution in [0.4, 0.5) is 0 Å². The molecule has 0 heterocycles. The van der Waals surface area contributed by atoms with Gasteiger partial charge >= 0.3 is 5.97 Å². The van der Waals surface area contributed by atoms with Gasteiger partial charge in [0.1, 0.15) is 6.10 Å². The molecule has 2 heteroatoms. The van der Waals surface area contributed by atoms with Gasteiger partial charge in [0.25, 0.3) is 0 Å². The second-order valence-electron chi connectivity index (χ2n) is 4.49. The van der Waals surface area contributed by atoms with Crippen LogP contribution in [0.1, 0.15) is 30.9 Å². The lowest BCUT2D eigenvalue weighted by Gasteiger charge is -2.20. The minimum Gasteiger partial charge on any atom is -0.453 e. The van der Waals surface area contributed by atoms with Crippen LogP contribution in [0.2, 0.25) is 0 Å². The molecule has 2 nitrogen and oxygen atoms in total. The fraction of sp³-hybridized carbons (Fsp3) is 0.312. The number of hydrogen-bond acceptors (Lipinski definition) is 2. The first kappa shape index (κ1) is 12.6. The van der Waals surface area contributed by atoms with Gasteiger partial charge in [-0.15, -0.1) is 0 Å². The molecule has 0 amide bonds. The maximum atomic E-state index is 12.0. The van der Waals surface area contributed by atoms with Crippen LogP contribution in [0.15, 0.2) is 55.1 Å². The zero-order valence-corrected chi connectivity index (χ0v) is 10.4. The molecule has 2 unspecified atom stereocenters. The lowest BCUT2D eigenvalue weighted by molar-refractivity contribution is -0.152. The zero-order valence-electron chi connectivity index (χ0n) is 10.4. The number of benzene rings is 1. The SMILES string of the molecule is C=CC(OC(=O)C1CC=CCC1)c1ccccc1. The first-order valence-corrected chi connectivity index (χ1v) is 6.34. The van der Waals surface area contributed by atoms with Gasteiger partial charge in [0.15, 0.2) is 0 Å². The van der Waals surface area contributed by atoms with E-state index in [0.29, 0.717) is 0 Å². The van der Waals surface area contributed by atoms with Crippen molar-refractivity contribution in [1.82, 2.24) is 0 Å². The molecule has 1 aromatic rings. The standard InChI is InChI=1S/C16H18O2/c1-2-15(13-9-5-3-6-10-13)18-16(17)14-11-7-4-8-12-14/h2-7,9-10,14-15H,1,8,11-12H2. The van der Waals surface area contributed by atoms with E-state index >= 15 is 0 Å². The van der Waals surface area contributed by atoms with Crippen LogP contribution >= 0.6 is 0 Å². The van der Waals surface area contributed by atoms with Gasteiger partial charge in [0, 0.05) is 0 Å². The molecule has 0 fully saturated rings. The van der Waals surface area contributed by atoms with Crippen molar-refractivity contribution in [3.63, 3.8) is 0 Å². The van der Waals surface area contributed by atoms with Crippen LogP contribution in [0.5, 0.6) is 0 Å². The number of carbonyl (C=O) groups excluding carboxylic acids is 1. The number of esters is 1. The Morgan fingerprint density at radius 3 is 2.72 bits per heavy atom. The summed E-state index contributed by atoms with van der Waals surface area (Å²) in [4.78, 5) is 12.0. The van der Waals surface area contributed by atoms with Gasteiger partial charge in [0.05, 0.1) is 5.92 Å². The highest BCUT2D eigenvalue weighted by Crippen LogP contribution is 2.24. The monoisotopic (exact) mass is 242 g/mol. The Morgan fingerprint density at radius 2 is 2.11 bits per heavy atom. The average molecular weight is 242 g/mol. The Labute approximate surface area is 108 Å². The van der Waals surface area contributed by atoms with E-state index in [-0.39, 0.29) is 18.0 Å². The number of hydrogen-bond donors (Lipinski definition) is 0. The van der Waals surface area contributed by atoms with E-state index in [2.05, 4.69) is 18.7 Å². The molecule has 0 aliphatic heterocycles. The average Bonchev–Trinajstić information content (AvgIpc) is 2.46. The molecule has 0 aromatic heterocycles. The third-order valence-electron chi connectivity index (χ3n) is 3.19. The van der Waals surface area contributed by atoms with Crippen molar-refractivity contribution in [2.45, 2.75) is 25.4 Å². The van der Waals surface area contributed by atoms with Crippen molar-refractivity contribution < 1.29 is 9.53 Å². The van der Waals surface area contributed by atoms with Crippen LogP contribution in [-0.2, 0) is 9.53 Å². The van der Waals surface area contributed by atoms with Gasteiger partial charge in [-0.2, -0.15) is 0 Å². The summed E-state index contributed by atoms with van der Waals surface area (Å²) in [6.07, 6.45) is 8.14. The van der Waals surface area contributed by atoms with E-state index in [9.17, 15) is 4.79 Å². The maximum Gasteiger partial charge on any atom is 0.310 e. The minimum absolute atomic E-state index is 0.00108. The van der Waals surface area contributed by atoms with Gasteiger partial charge < -0.3 is 4.74 Å². The molecule has 18 heavy (non-hydrogen) atoms. The second-order valence-corrected chi connectivity index (χ2v) is 4.49. The van der Waals surface area contributed by atoms with E-state index in [1.807, 2.05) is 30.3 Å². The highest BCUT2D eigenvalue weighted by atomic mass is 16.5. The number of allylic oxidation sites excluding steroid dienone is 2. The lowest BCUT2D eigenvalue weighted by Crippen LogP contribution is -2.20. The first-order chi connectivity index (χ1) is 8.81. The summed E-state index contributed by atoms with van der Waals surface area (Å²) in [6.45, 7) is 3.74. The largest absolute Gasteiger partial charge is 0.453 e. The zero-order chi connectivity index (χ0) is 12.8. The van der Waals surface area contributed by atoms with E-state index in [1.54, 1.807) is 6.08 Å². The maximum absolute atomic E-state index is 12.0. The minimum atomic E-state index is -0.343. The lowest BCUT2D eigenvalue weighted by atomic mass is 9.94. The fourth-order valence-corrected chi connectivity index (χ4v) is 2.12. The van der Waals surface area contributed by atoms with Crippen LogP contribution in [0.3, 0.4) is 0 Å². The summed E-state index contributed by atoms with van der Waals surface area (Å²) in [5.41, 5.74) is 0.965. The predicted octanol–water partition coefficient (Wildman–Crippen LogP) is 3.81. The summed E-state index contributed by atoms with van der Waals surface area (Å²) >= 11 is 0. The molecule has 0 spiro atoms. The molecule has 0 bridgehead atoms. The van der Waals surface area contributed by atoms with Crippen LogP contribution < -0.4 is 0 Å². The molecule has 1 aliphatic carbocycles. The van der Waals surface area contributed by atoms with Gasteiger partial charge in [-0.25, -0.2) is 0 Å². The van der Waals surface area contributed by atoms with Crippen molar-refractivity contribution in [3.8, 4) is 0 Å². The quantitative estimate of drug-likeness (QED) is 0.592. The summed E-state index contributed by atoms with van der Waals surface area (Å²) in [6, 6.07) is 9.70. The Balaban J connectivity index is 2.00. The van der Waals surface area contributed by atoms with Crippen LogP contribution in [-0.4, -0.2) is 5.97 Å². The molecular weight excluding hydrogens is 224 g/mol. The molecule has 1 aromatic carbocycles. The third kappa shape index (κ3) is 3.10. The van der Waals surface area contributed by atoms with E-state index in [0.717, 1.165) is 24.8 Å². The third-order valence-corrected chi connectivity index (χ3v) is 3.19. The highest BCUT2D eigenvalue weighted by Gasteiger charge is 2.23. The summed E-state index contributed by atoms with van der Waals surface area (Å²) in [5, 5.41) is 0. The van der Waals surface area contributed by atoms with Gasteiger partial charge in [-0.3, -0.25) is 4.79 Å². The molecule has 0 saturated carbocycles. The Bertz CT molecular complexity index is 434. The molecule has 2 atom stereocenters. The second kappa shape index (κ2) is 6.20. The smallest absolute Gasteiger partial charge is 0.310 e. The Morgan fingerprint density at radius 1 is 1.33 bits per heavy atom. The van der Waals surface area contributed by atoms with E-state index in [4.69, 9.17) is 4.74 Å². The Kier molecular flexibility index (Phi) is 4.35. The van der Waals surface area contributed by atoms with Crippen molar-refractivity contribution in [2.24, 2.45) is 5.92 Å². The number of carbonyl (C=O) groups is 1. The van der Waals surface area contributed by atoms with Gasteiger partial charge in [-0.1, -0.05) is 49.1 Å². The molecule has 1 aliphatic rings. The molecule has 2 rings (SSSR count). The normalized spacial score (nSPS) is 20.1. The van der Waals surface area contributed by atoms with Gasteiger partial charge in [-0.05, 0) is 30.9 Å². The molecule has 0 N–H and O–H groups in total. The van der Waals surface area contributed by atoms with Crippen molar-refractivity contribution in [1.29, 1.82) is 0 Å². The Hall–Kier alpha value is -1.83. The van der Waals surface area contributed by atoms with E-state index in [1.165, 1.54) is 0 Å².